The van der Waals surface area contributed by atoms with Gasteiger partial charge in [0.05, 0.1) is 0 Å². The molecule has 0 fully saturated rings. The Balaban J connectivity index is 2.05. The van der Waals surface area contributed by atoms with Crippen molar-refractivity contribution in [1.29, 1.82) is 0 Å². The fraction of sp³-hybridized carbons (Fsp3) is 0.864. The van der Waals surface area contributed by atoms with E-state index in [-0.39, 0.29) is 0 Å². The Morgan fingerprint density at radius 2 is 0.600 bits per heavy atom. The number of nitrogens with zero attached hydrogens (tertiary/aromatic N) is 1. The molecular weight excluding hydrogens is 542 g/mol. The molecule has 0 N–H and O–H groups in total. The van der Waals surface area contributed by atoms with Gasteiger partial charge in [-0.25, -0.2) is 0 Å². The second kappa shape index (κ2) is 34.5. The van der Waals surface area contributed by atoms with Crippen LogP contribution in [-0.2, 0) is 0 Å². The fourth-order valence-corrected chi connectivity index (χ4v) is 7.17. The maximum absolute atomic E-state index is 2.79. The Hall–Kier alpha value is -0.820. The second-order valence-corrected chi connectivity index (χ2v) is 14.7. The molecule has 1 atom stereocenters. The molecule has 0 aliphatic carbocycles. The van der Waals surface area contributed by atoms with Gasteiger partial charge < -0.3 is 0 Å². The highest BCUT2D eigenvalue weighted by atomic mass is 15.1. The Bertz CT molecular complexity index is 633. The van der Waals surface area contributed by atoms with Crippen LogP contribution in [0.5, 0.6) is 0 Å². The summed E-state index contributed by atoms with van der Waals surface area (Å²) < 4.78 is 0. The van der Waals surface area contributed by atoms with Crippen LogP contribution in [0.3, 0.4) is 0 Å². The van der Waals surface area contributed by atoms with Gasteiger partial charge in [-0.05, 0) is 38.4 Å². The highest BCUT2D eigenvalue weighted by molar-refractivity contribution is 5.18. The molecule has 0 aromatic heterocycles. The Morgan fingerprint density at radius 3 is 0.867 bits per heavy atom. The second-order valence-electron chi connectivity index (χ2n) is 14.7. The lowest BCUT2D eigenvalue weighted by molar-refractivity contribution is 0.201. The van der Waals surface area contributed by atoms with Crippen LogP contribution < -0.4 is 0 Å². The molecule has 0 aliphatic rings. The van der Waals surface area contributed by atoms with Gasteiger partial charge in [-0.15, -0.1) is 0 Å². The van der Waals surface area contributed by atoms with Gasteiger partial charge >= 0.3 is 0 Å². The highest BCUT2D eigenvalue weighted by Gasteiger charge is 2.15. The predicted molar refractivity (Wildman–Crippen MR) is 206 cm³/mol. The summed E-state index contributed by atoms with van der Waals surface area (Å²) in [4.78, 5) is 2.79. The van der Waals surface area contributed by atoms with Crippen LogP contribution in [0.15, 0.2) is 30.3 Å². The molecule has 1 heteroatoms. The molecule has 1 rings (SSSR count). The highest BCUT2D eigenvalue weighted by Crippen LogP contribution is 2.22. The van der Waals surface area contributed by atoms with Crippen molar-refractivity contribution in [3.8, 4) is 0 Å². The molecule has 0 amide bonds. The molecule has 0 heterocycles. The molecule has 264 valence electrons. The predicted octanol–water partition coefficient (Wildman–Crippen LogP) is 15.6. The first kappa shape index (κ1) is 42.2. The first-order chi connectivity index (χ1) is 22.3. The quantitative estimate of drug-likeness (QED) is 0.0671. The van der Waals surface area contributed by atoms with Gasteiger partial charge in [-0.2, -0.15) is 0 Å². The molecular formula is C44H83N. The monoisotopic (exact) mass is 626 g/mol. The summed E-state index contributed by atoms with van der Waals surface area (Å²) in [5, 5.41) is 0. The molecule has 0 spiro atoms. The minimum atomic E-state index is 0.541. The van der Waals surface area contributed by atoms with Crippen LogP contribution in [-0.4, -0.2) is 18.0 Å². The zero-order valence-electron chi connectivity index (χ0n) is 31.5. The molecule has 0 aliphatic heterocycles. The number of hydrogen-bond acceptors (Lipinski definition) is 1. The van der Waals surface area contributed by atoms with E-state index in [2.05, 4.69) is 56.0 Å². The van der Waals surface area contributed by atoms with Crippen molar-refractivity contribution < 1.29 is 0 Å². The Labute approximate surface area is 285 Å². The Morgan fingerprint density at radius 1 is 0.356 bits per heavy atom. The van der Waals surface area contributed by atoms with Crippen molar-refractivity contribution in [2.75, 3.05) is 13.1 Å². The van der Waals surface area contributed by atoms with E-state index in [0.717, 1.165) is 0 Å². The van der Waals surface area contributed by atoms with Crippen molar-refractivity contribution in [1.82, 2.24) is 4.90 Å². The van der Waals surface area contributed by atoms with E-state index >= 15 is 0 Å². The minimum Gasteiger partial charge on any atom is -0.297 e. The minimum absolute atomic E-state index is 0.541. The summed E-state index contributed by atoms with van der Waals surface area (Å²) in [6.07, 6.45) is 46.3. The van der Waals surface area contributed by atoms with Gasteiger partial charge in [0, 0.05) is 6.04 Å². The van der Waals surface area contributed by atoms with E-state index in [4.69, 9.17) is 0 Å². The number of rotatable bonds is 36. The third kappa shape index (κ3) is 28.0. The van der Waals surface area contributed by atoms with Crippen LogP contribution in [0.2, 0.25) is 0 Å². The summed E-state index contributed by atoms with van der Waals surface area (Å²) in [6.45, 7) is 9.60. The lowest BCUT2D eigenvalue weighted by Gasteiger charge is -2.29. The standard InChI is InChI=1S/C44H83N/c1-4-6-8-10-12-14-16-18-20-22-24-26-28-30-32-37-41-45(43(3)44-39-35-34-36-40-44)42-38-33-31-29-27-25-23-21-19-17-15-13-11-9-7-5-2/h34-36,39-40,43H,4-33,37-38,41-42H2,1-3H3. The van der Waals surface area contributed by atoms with Crippen LogP contribution >= 0.6 is 0 Å². The smallest absolute Gasteiger partial charge is 0.0319 e. The summed E-state index contributed by atoms with van der Waals surface area (Å²) >= 11 is 0. The van der Waals surface area contributed by atoms with Crippen molar-refractivity contribution in [2.24, 2.45) is 0 Å². The normalized spacial score (nSPS) is 12.4. The maximum atomic E-state index is 2.79. The van der Waals surface area contributed by atoms with Gasteiger partial charge in [-0.1, -0.05) is 237 Å². The largest absolute Gasteiger partial charge is 0.297 e. The average Bonchev–Trinajstić information content (AvgIpc) is 3.07. The molecule has 1 nitrogen and oxygen atoms in total. The van der Waals surface area contributed by atoms with Gasteiger partial charge in [-0.3, -0.25) is 4.90 Å². The van der Waals surface area contributed by atoms with Crippen molar-refractivity contribution in [3.05, 3.63) is 35.9 Å². The molecule has 0 bridgehead atoms. The first-order valence-corrected chi connectivity index (χ1v) is 21.1. The molecule has 0 saturated heterocycles. The van der Waals surface area contributed by atoms with Gasteiger partial charge in [0.1, 0.15) is 0 Å². The molecule has 45 heavy (non-hydrogen) atoms. The van der Waals surface area contributed by atoms with Gasteiger partial charge in [0.25, 0.3) is 0 Å². The lowest BCUT2D eigenvalue weighted by Crippen LogP contribution is -2.29. The third-order valence-electron chi connectivity index (χ3n) is 10.4. The van der Waals surface area contributed by atoms with E-state index in [1.54, 1.807) is 0 Å². The Kier molecular flexibility index (Phi) is 32.4. The topological polar surface area (TPSA) is 3.24 Å². The summed E-state index contributed by atoms with van der Waals surface area (Å²) in [7, 11) is 0. The molecule has 0 radical (unpaired) electrons. The van der Waals surface area contributed by atoms with Crippen molar-refractivity contribution in [3.63, 3.8) is 0 Å². The van der Waals surface area contributed by atoms with Crippen LogP contribution in [0.25, 0.3) is 0 Å². The van der Waals surface area contributed by atoms with E-state index in [1.807, 2.05) is 0 Å². The van der Waals surface area contributed by atoms with Crippen LogP contribution in [0.4, 0.5) is 0 Å². The molecule has 0 saturated carbocycles. The zero-order chi connectivity index (χ0) is 32.3. The number of hydrogen-bond donors (Lipinski definition) is 0. The van der Waals surface area contributed by atoms with Crippen molar-refractivity contribution in [2.45, 2.75) is 232 Å². The van der Waals surface area contributed by atoms with Crippen molar-refractivity contribution >= 4 is 0 Å². The molecule has 1 unspecified atom stereocenters. The number of unbranched alkanes of at least 4 members (excludes halogenated alkanes) is 30. The van der Waals surface area contributed by atoms with E-state index in [1.165, 1.54) is 224 Å². The molecule has 1 aromatic carbocycles. The van der Waals surface area contributed by atoms with Crippen LogP contribution in [0.1, 0.15) is 238 Å². The third-order valence-corrected chi connectivity index (χ3v) is 10.4. The van der Waals surface area contributed by atoms with E-state index in [9.17, 15) is 0 Å². The van der Waals surface area contributed by atoms with E-state index in [0.29, 0.717) is 6.04 Å². The SMILES string of the molecule is CCCCCCCCCCCCCCCCCCN(CCCCCCCCCCCCCCCCCC)C(C)c1ccccc1. The maximum Gasteiger partial charge on any atom is 0.0319 e. The number of benzene rings is 1. The summed E-state index contributed by atoms with van der Waals surface area (Å²) in [5.74, 6) is 0. The summed E-state index contributed by atoms with van der Waals surface area (Å²) in [5.41, 5.74) is 1.49. The van der Waals surface area contributed by atoms with Gasteiger partial charge in [0.2, 0.25) is 0 Å². The van der Waals surface area contributed by atoms with E-state index < -0.39 is 0 Å². The average molecular weight is 626 g/mol. The van der Waals surface area contributed by atoms with Gasteiger partial charge in [0.15, 0.2) is 0 Å². The first-order valence-electron chi connectivity index (χ1n) is 21.1. The molecule has 1 aromatic rings. The lowest BCUT2D eigenvalue weighted by atomic mass is 10.0. The fourth-order valence-electron chi connectivity index (χ4n) is 7.17. The van der Waals surface area contributed by atoms with Crippen LogP contribution in [0, 0.1) is 0 Å². The zero-order valence-corrected chi connectivity index (χ0v) is 31.5. The summed E-state index contributed by atoms with van der Waals surface area (Å²) in [6, 6.07) is 11.8.